The number of carbonyl (C=O) groups is 2. The van der Waals surface area contributed by atoms with Crippen LogP contribution in [-0.4, -0.2) is 36.3 Å². The molecule has 6 aromatic rings. The van der Waals surface area contributed by atoms with Crippen LogP contribution < -0.4 is 16.4 Å². The maximum absolute atomic E-state index is 12.8. The monoisotopic (exact) mass is 554 g/mol. The zero-order valence-electron chi connectivity index (χ0n) is 22.7. The SMILES string of the molecule is CC(=O)Nc1cccc(NC(=O)Cc2ccc(-n3c(-c4cccnc4N)nc4ccc(-c5cccnc5)nc43)cc2)c1. The molecule has 10 heteroatoms. The number of pyridine rings is 3. The summed E-state index contributed by atoms with van der Waals surface area (Å²) < 4.78 is 1.94. The number of hydrogen-bond acceptors (Lipinski definition) is 7. The Morgan fingerprint density at radius 3 is 2.38 bits per heavy atom. The molecule has 0 spiro atoms. The fourth-order valence-corrected chi connectivity index (χ4v) is 4.70. The largest absolute Gasteiger partial charge is 0.383 e. The molecule has 6 rings (SSSR count). The molecule has 10 nitrogen and oxygen atoms in total. The molecule has 0 atom stereocenters. The lowest BCUT2D eigenvalue weighted by Crippen LogP contribution is -2.15. The Hall–Kier alpha value is -5.90. The van der Waals surface area contributed by atoms with Crippen molar-refractivity contribution in [3.05, 3.63) is 109 Å². The van der Waals surface area contributed by atoms with Gasteiger partial charge in [-0.1, -0.05) is 18.2 Å². The second-order valence-corrected chi connectivity index (χ2v) is 9.64. The first kappa shape index (κ1) is 26.3. The number of imidazole rings is 1. The molecular weight excluding hydrogens is 528 g/mol. The minimum absolute atomic E-state index is 0.168. The number of nitrogens with two attached hydrogens (primary N) is 1. The zero-order chi connectivity index (χ0) is 29.1. The number of nitrogens with zero attached hydrogens (tertiary/aromatic N) is 5. The number of benzene rings is 2. The van der Waals surface area contributed by atoms with Crippen molar-refractivity contribution in [3.8, 4) is 28.3 Å². The Kier molecular flexibility index (Phi) is 7.08. The van der Waals surface area contributed by atoms with Crippen LogP contribution >= 0.6 is 0 Å². The lowest BCUT2D eigenvalue weighted by molar-refractivity contribution is -0.115. The Morgan fingerprint density at radius 2 is 1.64 bits per heavy atom. The average molecular weight is 555 g/mol. The fourth-order valence-electron chi connectivity index (χ4n) is 4.70. The number of fused-ring (bicyclic) bond motifs is 1. The van der Waals surface area contributed by atoms with Gasteiger partial charge in [0.15, 0.2) is 11.5 Å². The third-order valence-electron chi connectivity index (χ3n) is 6.57. The number of nitrogen functional groups attached to an aromatic ring is 1. The normalized spacial score (nSPS) is 10.9. The Morgan fingerprint density at radius 1 is 0.857 bits per heavy atom. The lowest BCUT2D eigenvalue weighted by atomic mass is 10.1. The molecule has 0 aliphatic rings. The van der Waals surface area contributed by atoms with Crippen LogP contribution in [0.2, 0.25) is 0 Å². The summed E-state index contributed by atoms with van der Waals surface area (Å²) in [6, 6.07) is 26.0. The molecule has 0 saturated carbocycles. The first-order chi connectivity index (χ1) is 20.4. The van der Waals surface area contributed by atoms with Gasteiger partial charge in [0.2, 0.25) is 11.8 Å². The van der Waals surface area contributed by atoms with Gasteiger partial charge in [0.25, 0.3) is 0 Å². The smallest absolute Gasteiger partial charge is 0.228 e. The molecule has 2 aromatic carbocycles. The molecule has 0 aliphatic carbocycles. The summed E-state index contributed by atoms with van der Waals surface area (Å²) in [5.41, 5.74) is 12.8. The van der Waals surface area contributed by atoms with Crippen molar-refractivity contribution in [1.82, 2.24) is 24.5 Å². The number of rotatable bonds is 7. The predicted molar refractivity (Wildman–Crippen MR) is 163 cm³/mol. The highest BCUT2D eigenvalue weighted by Gasteiger charge is 2.19. The van der Waals surface area contributed by atoms with E-state index in [4.69, 9.17) is 15.7 Å². The van der Waals surface area contributed by atoms with Crippen LogP contribution in [-0.2, 0) is 16.0 Å². The van der Waals surface area contributed by atoms with Crippen LogP contribution in [0.3, 0.4) is 0 Å². The minimum atomic E-state index is -0.179. The number of anilines is 3. The second-order valence-electron chi connectivity index (χ2n) is 9.64. The van der Waals surface area contributed by atoms with E-state index in [2.05, 4.69) is 20.6 Å². The molecule has 0 bridgehead atoms. The van der Waals surface area contributed by atoms with Crippen molar-refractivity contribution in [1.29, 1.82) is 0 Å². The van der Waals surface area contributed by atoms with E-state index in [9.17, 15) is 9.59 Å². The minimum Gasteiger partial charge on any atom is -0.383 e. The highest BCUT2D eigenvalue weighted by atomic mass is 16.2. The third-order valence-corrected chi connectivity index (χ3v) is 6.57. The van der Waals surface area contributed by atoms with Crippen LogP contribution in [0, 0.1) is 0 Å². The Bertz CT molecular complexity index is 1920. The van der Waals surface area contributed by atoms with Crippen molar-refractivity contribution >= 4 is 40.2 Å². The van der Waals surface area contributed by atoms with Gasteiger partial charge in [0.1, 0.15) is 11.3 Å². The molecule has 4 N–H and O–H groups in total. The number of amides is 2. The number of nitrogens with one attached hydrogen (secondary N) is 2. The maximum atomic E-state index is 12.8. The van der Waals surface area contributed by atoms with Crippen molar-refractivity contribution in [2.75, 3.05) is 16.4 Å². The summed E-state index contributed by atoms with van der Waals surface area (Å²) >= 11 is 0. The highest BCUT2D eigenvalue weighted by Crippen LogP contribution is 2.31. The second kappa shape index (κ2) is 11.3. The van der Waals surface area contributed by atoms with E-state index in [-0.39, 0.29) is 18.2 Å². The van der Waals surface area contributed by atoms with Gasteiger partial charge in [-0.15, -0.1) is 0 Å². The summed E-state index contributed by atoms with van der Waals surface area (Å²) in [4.78, 5) is 42.5. The lowest BCUT2D eigenvalue weighted by Gasteiger charge is -2.12. The molecular formula is C32H26N8O2. The van der Waals surface area contributed by atoms with Crippen molar-refractivity contribution in [2.24, 2.45) is 0 Å². The van der Waals surface area contributed by atoms with E-state index >= 15 is 0 Å². The molecule has 4 heterocycles. The van der Waals surface area contributed by atoms with Crippen LogP contribution in [0.4, 0.5) is 17.2 Å². The number of hydrogen-bond donors (Lipinski definition) is 3. The van der Waals surface area contributed by atoms with Gasteiger partial charge in [-0.3, -0.25) is 19.1 Å². The molecule has 2 amide bonds. The van der Waals surface area contributed by atoms with Crippen molar-refractivity contribution in [3.63, 3.8) is 0 Å². The van der Waals surface area contributed by atoms with E-state index in [1.54, 1.807) is 42.9 Å². The standard InChI is InChI=1S/C32H26N8O2/c1-20(41)36-23-6-2-7-24(18-23)37-29(42)17-21-9-11-25(12-10-21)40-31(26-8-4-16-35-30(26)33)39-28-14-13-27(38-32(28)40)22-5-3-15-34-19-22/h2-16,18-19H,17H2,1H3,(H2,33,35)(H,36,41)(H,37,42). The quantitative estimate of drug-likeness (QED) is 0.244. The van der Waals surface area contributed by atoms with E-state index in [1.165, 1.54) is 6.92 Å². The summed E-state index contributed by atoms with van der Waals surface area (Å²) in [5, 5.41) is 5.60. The van der Waals surface area contributed by atoms with Crippen LogP contribution in [0.25, 0.3) is 39.5 Å². The molecule has 0 unspecified atom stereocenters. The van der Waals surface area contributed by atoms with Gasteiger partial charge in [0.05, 0.1) is 17.7 Å². The van der Waals surface area contributed by atoms with Gasteiger partial charge in [-0.05, 0) is 72.3 Å². The van der Waals surface area contributed by atoms with Crippen molar-refractivity contribution < 1.29 is 9.59 Å². The van der Waals surface area contributed by atoms with Crippen LogP contribution in [0.5, 0.6) is 0 Å². The summed E-state index contributed by atoms with van der Waals surface area (Å²) in [6.45, 7) is 1.44. The van der Waals surface area contributed by atoms with Crippen LogP contribution in [0.1, 0.15) is 12.5 Å². The first-order valence-corrected chi connectivity index (χ1v) is 13.2. The predicted octanol–water partition coefficient (Wildman–Crippen LogP) is 5.27. The molecule has 0 saturated heterocycles. The first-order valence-electron chi connectivity index (χ1n) is 13.2. The summed E-state index contributed by atoms with van der Waals surface area (Å²) in [7, 11) is 0. The molecule has 4 aromatic heterocycles. The van der Waals surface area contributed by atoms with Crippen LogP contribution in [0.15, 0.2) is 104 Å². The number of carbonyl (C=O) groups excluding carboxylic acids is 2. The molecule has 0 aliphatic heterocycles. The number of aromatic nitrogens is 5. The van der Waals surface area contributed by atoms with E-state index < -0.39 is 0 Å². The van der Waals surface area contributed by atoms with Crippen molar-refractivity contribution in [2.45, 2.75) is 13.3 Å². The van der Waals surface area contributed by atoms with Gasteiger partial charge in [0, 0.05) is 48.1 Å². The third kappa shape index (κ3) is 5.54. The maximum Gasteiger partial charge on any atom is 0.228 e. The van der Waals surface area contributed by atoms with E-state index in [1.807, 2.05) is 65.2 Å². The molecule has 206 valence electrons. The van der Waals surface area contributed by atoms with Gasteiger partial charge < -0.3 is 16.4 Å². The van der Waals surface area contributed by atoms with Gasteiger partial charge >= 0.3 is 0 Å². The van der Waals surface area contributed by atoms with Gasteiger partial charge in [-0.25, -0.2) is 15.0 Å². The summed E-state index contributed by atoms with van der Waals surface area (Å²) in [6.07, 6.45) is 5.30. The Labute approximate surface area is 241 Å². The summed E-state index contributed by atoms with van der Waals surface area (Å²) in [5.74, 6) is 0.609. The topological polar surface area (TPSA) is 141 Å². The fraction of sp³-hybridized carbons (Fsp3) is 0.0625. The zero-order valence-corrected chi connectivity index (χ0v) is 22.7. The Balaban J connectivity index is 1.32. The molecule has 0 fully saturated rings. The highest BCUT2D eigenvalue weighted by molar-refractivity contribution is 5.94. The molecule has 0 radical (unpaired) electrons. The van der Waals surface area contributed by atoms with E-state index in [0.29, 0.717) is 39.7 Å². The average Bonchev–Trinajstić information content (AvgIpc) is 3.36. The molecule has 42 heavy (non-hydrogen) atoms. The van der Waals surface area contributed by atoms with Gasteiger partial charge in [-0.2, -0.15) is 0 Å². The van der Waals surface area contributed by atoms with E-state index in [0.717, 1.165) is 22.5 Å².